The fourth-order valence-corrected chi connectivity index (χ4v) is 1.56. The van der Waals surface area contributed by atoms with Crippen LogP contribution in [0.3, 0.4) is 0 Å². The normalized spacial score (nSPS) is 12.5. The van der Waals surface area contributed by atoms with Crippen LogP contribution in [-0.2, 0) is 0 Å². The maximum Gasteiger partial charge on any atom is 0.181 e. The van der Waals surface area contributed by atoms with E-state index < -0.39 is 5.38 Å². The lowest BCUT2D eigenvalue weighted by molar-refractivity contribution is 0.0992. The lowest BCUT2D eigenvalue weighted by atomic mass is 10.1. The molecule has 1 aromatic rings. The molecule has 0 saturated heterocycles. The highest BCUT2D eigenvalue weighted by Crippen LogP contribution is 2.15. The molecule has 1 aromatic carbocycles. The van der Waals surface area contributed by atoms with Crippen molar-refractivity contribution in [3.63, 3.8) is 0 Å². The van der Waals surface area contributed by atoms with E-state index in [4.69, 9.17) is 23.2 Å². The third kappa shape index (κ3) is 2.97. The zero-order chi connectivity index (χ0) is 9.84. The highest BCUT2D eigenvalue weighted by atomic mass is 79.9. The van der Waals surface area contributed by atoms with Crippen molar-refractivity contribution in [3.8, 4) is 0 Å². The number of hydrogen-bond donors (Lipinski definition) is 0. The van der Waals surface area contributed by atoms with Gasteiger partial charge in [-0.2, -0.15) is 0 Å². The van der Waals surface area contributed by atoms with Crippen LogP contribution in [0.2, 0.25) is 0 Å². The summed E-state index contributed by atoms with van der Waals surface area (Å²) in [7, 11) is 0. The fourth-order valence-electron chi connectivity index (χ4n) is 0.893. The molecule has 1 atom stereocenters. The zero-order valence-corrected chi connectivity index (χ0v) is 9.73. The van der Waals surface area contributed by atoms with Crippen LogP contribution < -0.4 is 0 Å². The maximum atomic E-state index is 11.5. The van der Waals surface area contributed by atoms with Crippen molar-refractivity contribution in [2.75, 3.05) is 5.88 Å². The van der Waals surface area contributed by atoms with Gasteiger partial charge < -0.3 is 0 Å². The van der Waals surface area contributed by atoms with Crippen LogP contribution in [0.5, 0.6) is 0 Å². The zero-order valence-electron chi connectivity index (χ0n) is 6.64. The van der Waals surface area contributed by atoms with Gasteiger partial charge in [0.05, 0.1) is 0 Å². The lowest BCUT2D eigenvalue weighted by Crippen LogP contribution is -2.15. The molecule has 0 aliphatic rings. The Morgan fingerprint density at radius 3 is 2.77 bits per heavy atom. The van der Waals surface area contributed by atoms with Gasteiger partial charge in [0.15, 0.2) is 5.78 Å². The Morgan fingerprint density at radius 2 is 2.23 bits per heavy atom. The Morgan fingerprint density at radius 1 is 1.54 bits per heavy atom. The second-order valence-corrected chi connectivity index (χ2v) is 4.25. The SMILES string of the molecule is O=C(c1cccc(Br)c1)C(Cl)CCl. The van der Waals surface area contributed by atoms with E-state index in [1.807, 2.05) is 6.07 Å². The molecule has 0 aliphatic carbocycles. The molecular weight excluding hydrogens is 275 g/mol. The number of rotatable bonds is 3. The minimum atomic E-state index is -0.643. The molecule has 0 N–H and O–H groups in total. The summed E-state index contributed by atoms with van der Waals surface area (Å²) >= 11 is 14.5. The standard InChI is InChI=1S/C9H7BrCl2O/c10-7-3-1-2-6(4-7)9(13)8(12)5-11/h1-4,8H,5H2. The highest BCUT2D eigenvalue weighted by molar-refractivity contribution is 9.10. The Balaban J connectivity index is 2.89. The Hall–Kier alpha value is -0.0500. The molecule has 1 rings (SSSR count). The summed E-state index contributed by atoms with van der Waals surface area (Å²) in [5.74, 6) is -0.00892. The number of carbonyl (C=O) groups is 1. The van der Waals surface area contributed by atoms with Crippen LogP contribution >= 0.6 is 39.1 Å². The predicted molar refractivity (Wildman–Crippen MR) is 58.8 cm³/mol. The molecule has 13 heavy (non-hydrogen) atoms. The van der Waals surface area contributed by atoms with Crippen molar-refractivity contribution in [3.05, 3.63) is 34.3 Å². The largest absolute Gasteiger partial charge is 0.292 e. The van der Waals surface area contributed by atoms with Gasteiger partial charge in [0, 0.05) is 15.9 Å². The van der Waals surface area contributed by atoms with Gasteiger partial charge >= 0.3 is 0 Å². The van der Waals surface area contributed by atoms with Gasteiger partial charge in [-0.1, -0.05) is 28.1 Å². The molecular formula is C9H7BrCl2O. The number of carbonyl (C=O) groups excluding carboxylic acids is 1. The minimum Gasteiger partial charge on any atom is -0.292 e. The summed E-state index contributed by atoms with van der Waals surface area (Å²) in [5.41, 5.74) is 0.579. The molecule has 1 nitrogen and oxygen atoms in total. The van der Waals surface area contributed by atoms with Crippen LogP contribution in [0.1, 0.15) is 10.4 Å². The number of alkyl halides is 2. The predicted octanol–water partition coefficient (Wildman–Crippen LogP) is 3.48. The second-order valence-electron chi connectivity index (χ2n) is 2.50. The number of benzene rings is 1. The van der Waals surface area contributed by atoms with E-state index in [9.17, 15) is 4.79 Å². The van der Waals surface area contributed by atoms with Gasteiger partial charge in [-0.15, -0.1) is 23.2 Å². The number of halogens is 3. The number of Topliss-reactive ketones (excluding diaryl/α,β-unsaturated/α-hetero) is 1. The van der Waals surface area contributed by atoms with E-state index in [0.717, 1.165) is 4.47 Å². The van der Waals surface area contributed by atoms with E-state index in [0.29, 0.717) is 5.56 Å². The van der Waals surface area contributed by atoms with Crippen LogP contribution in [0.15, 0.2) is 28.7 Å². The van der Waals surface area contributed by atoms with Gasteiger partial charge in [-0.25, -0.2) is 0 Å². The molecule has 4 heteroatoms. The monoisotopic (exact) mass is 280 g/mol. The summed E-state index contributed by atoms with van der Waals surface area (Å²) in [6.45, 7) is 0. The Labute approximate surface area is 95.2 Å². The summed E-state index contributed by atoms with van der Waals surface area (Å²) in [5, 5.41) is -0.643. The van der Waals surface area contributed by atoms with Gasteiger partial charge in [-0.3, -0.25) is 4.79 Å². The van der Waals surface area contributed by atoms with E-state index in [1.54, 1.807) is 18.2 Å². The van der Waals surface area contributed by atoms with E-state index in [-0.39, 0.29) is 11.7 Å². The number of hydrogen-bond acceptors (Lipinski definition) is 1. The van der Waals surface area contributed by atoms with E-state index in [1.165, 1.54) is 0 Å². The highest BCUT2D eigenvalue weighted by Gasteiger charge is 2.15. The minimum absolute atomic E-state index is 0.132. The first-order chi connectivity index (χ1) is 6.15. The van der Waals surface area contributed by atoms with Gasteiger partial charge in [0.25, 0.3) is 0 Å². The Bertz CT molecular complexity index is 314. The van der Waals surface area contributed by atoms with Gasteiger partial charge in [-0.05, 0) is 12.1 Å². The van der Waals surface area contributed by atoms with Gasteiger partial charge in [0.1, 0.15) is 5.38 Å². The third-order valence-corrected chi connectivity index (χ3v) is 2.84. The van der Waals surface area contributed by atoms with Crippen LogP contribution in [-0.4, -0.2) is 17.0 Å². The van der Waals surface area contributed by atoms with Crippen LogP contribution in [0.25, 0.3) is 0 Å². The first-order valence-corrected chi connectivity index (χ1v) is 5.41. The van der Waals surface area contributed by atoms with E-state index >= 15 is 0 Å². The molecule has 0 aliphatic heterocycles. The fraction of sp³-hybridized carbons (Fsp3) is 0.222. The summed E-state index contributed by atoms with van der Waals surface area (Å²) in [6, 6.07) is 7.08. The van der Waals surface area contributed by atoms with Crippen molar-refractivity contribution in [1.82, 2.24) is 0 Å². The quantitative estimate of drug-likeness (QED) is 0.612. The van der Waals surface area contributed by atoms with Crippen LogP contribution in [0.4, 0.5) is 0 Å². The molecule has 0 heterocycles. The Kier molecular flexibility index (Phi) is 4.23. The van der Waals surface area contributed by atoms with Crippen molar-refractivity contribution in [2.45, 2.75) is 5.38 Å². The first kappa shape index (κ1) is 11.0. The smallest absolute Gasteiger partial charge is 0.181 e. The molecule has 0 fully saturated rings. The van der Waals surface area contributed by atoms with Crippen LogP contribution in [0, 0.1) is 0 Å². The van der Waals surface area contributed by atoms with E-state index in [2.05, 4.69) is 15.9 Å². The average molecular weight is 282 g/mol. The maximum absolute atomic E-state index is 11.5. The third-order valence-electron chi connectivity index (χ3n) is 1.53. The van der Waals surface area contributed by atoms with Crippen molar-refractivity contribution < 1.29 is 4.79 Å². The average Bonchev–Trinajstić information content (AvgIpc) is 2.15. The summed E-state index contributed by atoms with van der Waals surface area (Å²) in [6.07, 6.45) is 0. The van der Waals surface area contributed by atoms with Crippen molar-refractivity contribution in [1.29, 1.82) is 0 Å². The second kappa shape index (κ2) is 4.99. The van der Waals surface area contributed by atoms with Gasteiger partial charge in [0.2, 0.25) is 0 Å². The summed E-state index contributed by atoms with van der Waals surface area (Å²) in [4.78, 5) is 11.5. The van der Waals surface area contributed by atoms with Crippen molar-refractivity contribution in [2.24, 2.45) is 0 Å². The summed E-state index contributed by atoms with van der Waals surface area (Å²) < 4.78 is 0.858. The molecule has 0 aromatic heterocycles. The molecule has 0 spiro atoms. The molecule has 0 radical (unpaired) electrons. The first-order valence-electron chi connectivity index (χ1n) is 3.65. The molecule has 1 unspecified atom stereocenters. The lowest BCUT2D eigenvalue weighted by Gasteiger charge is -2.04. The topological polar surface area (TPSA) is 17.1 Å². The molecule has 0 bridgehead atoms. The molecule has 0 saturated carbocycles. The number of ketones is 1. The molecule has 0 amide bonds. The molecule has 70 valence electrons. The van der Waals surface area contributed by atoms with Crippen molar-refractivity contribution >= 4 is 44.9 Å².